The summed E-state index contributed by atoms with van der Waals surface area (Å²) in [6.45, 7) is 1.03. The molecule has 0 bridgehead atoms. The Balaban J connectivity index is 2.11. The molecule has 2 aromatic carbocycles. The van der Waals surface area contributed by atoms with E-state index in [-0.39, 0.29) is 6.61 Å². The number of hydrogen-bond donors (Lipinski definition) is 0. The molecule has 0 unspecified atom stereocenters. The predicted octanol–water partition coefficient (Wildman–Crippen LogP) is 4.26. The van der Waals surface area contributed by atoms with Gasteiger partial charge >= 0.3 is 6.09 Å². The number of halogens is 2. The van der Waals surface area contributed by atoms with E-state index < -0.39 is 6.09 Å². The van der Waals surface area contributed by atoms with Gasteiger partial charge < -0.3 is 14.4 Å². The lowest BCUT2D eigenvalue weighted by molar-refractivity contribution is 0.101. The van der Waals surface area contributed by atoms with Crippen molar-refractivity contribution in [3.8, 4) is 5.75 Å². The highest BCUT2D eigenvalue weighted by molar-refractivity contribution is 6.18. The zero-order chi connectivity index (χ0) is 16.7. The maximum atomic E-state index is 12.1. The van der Waals surface area contributed by atoms with E-state index in [1.807, 2.05) is 36.4 Å². The molecule has 0 aliphatic carbocycles. The maximum Gasteiger partial charge on any atom is 0.410 e. The van der Waals surface area contributed by atoms with Gasteiger partial charge in [0.05, 0.1) is 7.11 Å². The fourth-order valence-corrected chi connectivity index (χ4v) is 2.72. The number of carbonyl (C=O) groups excluding carboxylic acids is 1. The third kappa shape index (κ3) is 4.66. The van der Waals surface area contributed by atoms with Gasteiger partial charge in [0.2, 0.25) is 0 Å². The number of rotatable bonds is 7. The molecule has 0 N–H and O–H groups in total. The smallest absolute Gasteiger partial charge is 0.410 e. The summed E-state index contributed by atoms with van der Waals surface area (Å²) in [4.78, 5) is 13.6. The van der Waals surface area contributed by atoms with Crippen molar-refractivity contribution in [3.05, 3.63) is 42.0 Å². The summed E-state index contributed by atoms with van der Waals surface area (Å²) in [5.74, 6) is 1.49. The monoisotopic (exact) mass is 355 g/mol. The van der Waals surface area contributed by atoms with Crippen LogP contribution in [0.25, 0.3) is 10.8 Å². The van der Waals surface area contributed by atoms with E-state index in [1.54, 1.807) is 7.11 Å². The van der Waals surface area contributed by atoms with E-state index in [0.29, 0.717) is 24.8 Å². The first-order chi connectivity index (χ1) is 11.2. The molecule has 0 fully saturated rings. The zero-order valence-electron chi connectivity index (χ0n) is 12.9. The van der Waals surface area contributed by atoms with Gasteiger partial charge in [0.25, 0.3) is 0 Å². The molecule has 0 atom stereocenters. The number of amides is 1. The van der Waals surface area contributed by atoms with Gasteiger partial charge in [-0.2, -0.15) is 0 Å². The van der Waals surface area contributed by atoms with E-state index in [9.17, 15) is 4.79 Å². The number of alkyl halides is 2. The lowest BCUT2D eigenvalue weighted by Crippen LogP contribution is -2.34. The van der Waals surface area contributed by atoms with Gasteiger partial charge in [-0.15, -0.1) is 23.2 Å². The van der Waals surface area contributed by atoms with Crippen LogP contribution in [-0.2, 0) is 11.3 Å². The van der Waals surface area contributed by atoms with Gasteiger partial charge in [-0.05, 0) is 28.5 Å². The number of carbonyl (C=O) groups is 1. The van der Waals surface area contributed by atoms with Crippen LogP contribution in [0, 0.1) is 0 Å². The number of ether oxygens (including phenoxy) is 2. The van der Waals surface area contributed by atoms with Gasteiger partial charge in [0.1, 0.15) is 12.4 Å². The second kappa shape index (κ2) is 8.85. The van der Waals surface area contributed by atoms with Crippen LogP contribution in [0.3, 0.4) is 0 Å². The van der Waals surface area contributed by atoms with E-state index in [4.69, 9.17) is 32.7 Å². The zero-order valence-corrected chi connectivity index (χ0v) is 14.4. The SMILES string of the molecule is COc1ccc2c(COC(=O)N(CCCl)CCCl)cccc2c1. The first-order valence-corrected chi connectivity index (χ1v) is 8.35. The lowest BCUT2D eigenvalue weighted by atomic mass is 10.0. The van der Waals surface area contributed by atoms with Gasteiger partial charge in [-0.3, -0.25) is 0 Å². The van der Waals surface area contributed by atoms with Crippen LogP contribution in [0.1, 0.15) is 5.56 Å². The molecule has 0 aromatic heterocycles. The topological polar surface area (TPSA) is 38.8 Å². The first-order valence-electron chi connectivity index (χ1n) is 7.29. The molecular formula is C17H19Cl2NO3. The summed E-state index contributed by atoms with van der Waals surface area (Å²) in [6, 6.07) is 11.7. The highest BCUT2D eigenvalue weighted by Crippen LogP contribution is 2.24. The van der Waals surface area contributed by atoms with Crippen molar-refractivity contribution in [1.29, 1.82) is 0 Å². The molecule has 124 valence electrons. The largest absolute Gasteiger partial charge is 0.497 e. The summed E-state index contributed by atoms with van der Waals surface area (Å²) in [5, 5.41) is 2.07. The third-order valence-electron chi connectivity index (χ3n) is 3.50. The van der Waals surface area contributed by atoms with E-state index >= 15 is 0 Å². The minimum absolute atomic E-state index is 0.198. The molecule has 1 amide bonds. The highest BCUT2D eigenvalue weighted by atomic mass is 35.5. The van der Waals surface area contributed by atoms with Crippen molar-refractivity contribution in [3.63, 3.8) is 0 Å². The number of hydrogen-bond acceptors (Lipinski definition) is 3. The van der Waals surface area contributed by atoms with Crippen LogP contribution in [0.4, 0.5) is 4.79 Å². The van der Waals surface area contributed by atoms with E-state index in [0.717, 1.165) is 22.1 Å². The fourth-order valence-electron chi connectivity index (χ4n) is 2.31. The van der Waals surface area contributed by atoms with Crippen molar-refractivity contribution in [1.82, 2.24) is 4.90 Å². The molecule has 0 radical (unpaired) electrons. The van der Waals surface area contributed by atoms with Crippen LogP contribution in [0.5, 0.6) is 5.75 Å². The fraction of sp³-hybridized carbons (Fsp3) is 0.353. The van der Waals surface area contributed by atoms with E-state index in [1.165, 1.54) is 4.90 Å². The molecule has 4 nitrogen and oxygen atoms in total. The molecular weight excluding hydrogens is 337 g/mol. The third-order valence-corrected chi connectivity index (χ3v) is 3.83. The minimum Gasteiger partial charge on any atom is -0.497 e. The van der Waals surface area contributed by atoms with Crippen LogP contribution in [0.2, 0.25) is 0 Å². The molecule has 23 heavy (non-hydrogen) atoms. The molecule has 6 heteroatoms. The summed E-state index contributed by atoms with van der Waals surface area (Å²) >= 11 is 11.4. The van der Waals surface area contributed by atoms with Crippen molar-refractivity contribution in [2.24, 2.45) is 0 Å². The normalized spacial score (nSPS) is 10.6. The van der Waals surface area contributed by atoms with Crippen LogP contribution < -0.4 is 4.74 Å². The second-order valence-corrected chi connectivity index (χ2v) is 5.68. The van der Waals surface area contributed by atoms with E-state index in [2.05, 4.69) is 0 Å². The Labute approximate surface area is 145 Å². The molecule has 0 aliphatic rings. The summed E-state index contributed by atoms with van der Waals surface area (Å²) in [5.41, 5.74) is 0.940. The lowest BCUT2D eigenvalue weighted by Gasteiger charge is -2.20. The quantitative estimate of drug-likeness (QED) is 0.696. The summed E-state index contributed by atoms with van der Waals surface area (Å²) in [6.07, 6.45) is -0.406. The van der Waals surface area contributed by atoms with Crippen LogP contribution >= 0.6 is 23.2 Å². The molecule has 2 rings (SSSR count). The molecule has 0 saturated heterocycles. The summed E-state index contributed by atoms with van der Waals surface area (Å²) < 4.78 is 10.6. The van der Waals surface area contributed by atoms with Crippen molar-refractivity contribution >= 4 is 40.1 Å². The standard InChI is InChI=1S/C17H19Cl2NO3/c1-22-15-5-6-16-13(11-15)3-2-4-14(16)12-23-17(21)20(9-7-18)10-8-19/h2-6,11H,7-10,12H2,1H3. The summed E-state index contributed by atoms with van der Waals surface area (Å²) in [7, 11) is 1.63. The number of nitrogens with zero attached hydrogens (tertiary/aromatic N) is 1. The van der Waals surface area contributed by atoms with Gasteiger partial charge in [-0.1, -0.05) is 24.3 Å². The molecule has 0 heterocycles. The molecule has 0 spiro atoms. The van der Waals surface area contributed by atoms with Crippen molar-refractivity contribution in [2.45, 2.75) is 6.61 Å². The van der Waals surface area contributed by atoms with Gasteiger partial charge in [0.15, 0.2) is 0 Å². The van der Waals surface area contributed by atoms with Gasteiger partial charge in [-0.25, -0.2) is 4.79 Å². The Morgan fingerprint density at radius 2 is 1.87 bits per heavy atom. The predicted molar refractivity (Wildman–Crippen MR) is 93.7 cm³/mol. The second-order valence-electron chi connectivity index (χ2n) is 4.92. The average Bonchev–Trinajstić information content (AvgIpc) is 2.58. The Morgan fingerprint density at radius 3 is 2.52 bits per heavy atom. The molecule has 2 aromatic rings. The van der Waals surface area contributed by atoms with Crippen molar-refractivity contribution < 1.29 is 14.3 Å². The number of benzene rings is 2. The van der Waals surface area contributed by atoms with Crippen molar-refractivity contribution in [2.75, 3.05) is 32.0 Å². The Morgan fingerprint density at radius 1 is 1.13 bits per heavy atom. The van der Waals surface area contributed by atoms with Crippen LogP contribution in [0.15, 0.2) is 36.4 Å². The molecule has 0 saturated carbocycles. The maximum absolute atomic E-state index is 12.1. The number of methoxy groups -OCH3 is 1. The first kappa shape index (κ1) is 17.7. The minimum atomic E-state index is -0.406. The molecule has 0 aliphatic heterocycles. The highest BCUT2D eigenvalue weighted by Gasteiger charge is 2.14. The Hall–Kier alpha value is -1.65. The number of fused-ring (bicyclic) bond motifs is 1. The van der Waals surface area contributed by atoms with Gasteiger partial charge in [0, 0.05) is 24.8 Å². The Bertz CT molecular complexity index is 657. The Kier molecular flexibility index (Phi) is 6.81. The van der Waals surface area contributed by atoms with Crippen LogP contribution in [-0.4, -0.2) is 43.0 Å². The average molecular weight is 356 g/mol.